The summed E-state index contributed by atoms with van der Waals surface area (Å²) in [5, 5.41) is 10.2. The molecule has 1 N–H and O–H groups in total. The van der Waals surface area contributed by atoms with Crippen LogP contribution in [0, 0.1) is 0 Å². The number of pyridine rings is 1. The number of hydrogen-bond donors (Lipinski definition) is 1. The van der Waals surface area contributed by atoms with Gasteiger partial charge >= 0.3 is 12.1 Å². The second kappa shape index (κ2) is 8.48. The van der Waals surface area contributed by atoms with Crippen molar-refractivity contribution in [3.63, 3.8) is 0 Å². The Morgan fingerprint density at radius 3 is 2.33 bits per heavy atom. The van der Waals surface area contributed by atoms with Crippen LogP contribution in [0.1, 0.15) is 22.7 Å². The van der Waals surface area contributed by atoms with E-state index in [0.717, 1.165) is 34.5 Å². The molecule has 2 heterocycles. The summed E-state index contributed by atoms with van der Waals surface area (Å²) in [4.78, 5) is 24.7. The number of hydrogen-bond acceptors (Lipinski definition) is 3. The third-order valence-electron chi connectivity index (χ3n) is 6.13. The average molecular weight is 517 g/mol. The van der Waals surface area contributed by atoms with Crippen LogP contribution in [-0.2, 0) is 16.9 Å². The summed E-state index contributed by atoms with van der Waals surface area (Å²) in [5.74, 6) is -5.26. The SMILES string of the molecule is O=C(O)C1CSc2c(-c3cccc(C(F)(F)F)c3)c(C(F)(F)c3cccc4ccccc34)cc(=O)n21. The van der Waals surface area contributed by atoms with Crippen LogP contribution in [-0.4, -0.2) is 21.4 Å². The van der Waals surface area contributed by atoms with E-state index in [1.54, 1.807) is 24.3 Å². The van der Waals surface area contributed by atoms with Gasteiger partial charge in [-0.1, -0.05) is 54.6 Å². The van der Waals surface area contributed by atoms with Crippen LogP contribution in [0.3, 0.4) is 0 Å². The fraction of sp³-hybridized carbons (Fsp3) is 0.154. The van der Waals surface area contributed by atoms with Gasteiger partial charge in [-0.3, -0.25) is 9.36 Å². The van der Waals surface area contributed by atoms with E-state index in [2.05, 4.69) is 0 Å². The lowest BCUT2D eigenvalue weighted by molar-refractivity contribution is -0.140. The van der Waals surface area contributed by atoms with Crippen molar-refractivity contribution in [2.45, 2.75) is 23.2 Å². The van der Waals surface area contributed by atoms with E-state index in [1.807, 2.05) is 0 Å². The Morgan fingerprint density at radius 1 is 0.917 bits per heavy atom. The summed E-state index contributed by atoms with van der Waals surface area (Å²) in [6, 6.07) is 13.9. The van der Waals surface area contributed by atoms with Crippen LogP contribution in [0.2, 0.25) is 0 Å². The van der Waals surface area contributed by atoms with E-state index in [4.69, 9.17) is 0 Å². The van der Waals surface area contributed by atoms with Gasteiger partial charge in [-0.2, -0.15) is 22.0 Å². The highest BCUT2D eigenvalue weighted by Crippen LogP contribution is 2.48. The van der Waals surface area contributed by atoms with Crippen molar-refractivity contribution in [2.24, 2.45) is 0 Å². The summed E-state index contributed by atoms with van der Waals surface area (Å²) in [5.41, 5.74) is -3.71. The normalized spacial score (nSPS) is 15.8. The van der Waals surface area contributed by atoms with Crippen LogP contribution in [0.5, 0.6) is 0 Å². The van der Waals surface area contributed by atoms with Gasteiger partial charge in [-0.15, -0.1) is 11.8 Å². The Kier molecular flexibility index (Phi) is 5.66. The zero-order chi connectivity index (χ0) is 25.8. The van der Waals surface area contributed by atoms with E-state index in [0.29, 0.717) is 11.5 Å². The molecular weight excluding hydrogens is 501 g/mol. The van der Waals surface area contributed by atoms with Gasteiger partial charge in [-0.25, -0.2) is 4.79 Å². The maximum Gasteiger partial charge on any atom is 0.416 e. The molecule has 1 aliphatic heterocycles. The molecule has 4 nitrogen and oxygen atoms in total. The van der Waals surface area contributed by atoms with Gasteiger partial charge in [0, 0.05) is 28.5 Å². The Morgan fingerprint density at radius 2 is 1.61 bits per heavy atom. The lowest BCUT2D eigenvalue weighted by atomic mass is 9.90. The molecule has 0 saturated heterocycles. The van der Waals surface area contributed by atoms with Crippen molar-refractivity contribution in [1.29, 1.82) is 0 Å². The minimum atomic E-state index is -4.74. The van der Waals surface area contributed by atoms with Crippen LogP contribution < -0.4 is 5.56 Å². The van der Waals surface area contributed by atoms with Crippen molar-refractivity contribution in [1.82, 2.24) is 4.57 Å². The van der Waals surface area contributed by atoms with E-state index in [-0.39, 0.29) is 27.3 Å². The summed E-state index contributed by atoms with van der Waals surface area (Å²) in [6.45, 7) is 0. The number of aromatic nitrogens is 1. The summed E-state index contributed by atoms with van der Waals surface area (Å²) < 4.78 is 73.9. The molecule has 36 heavy (non-hydrogen) atoms. The Bertz CT molecular complexity index is 1570. The van der Waals surface area contributed by atoms with Gasteiger partial charge < -0.3 is 5.11 Å². The second-order valence-electron chi connectivity index (χ2n) is 8.29. The fourth-order valence-corrected chi connectivity index (χ4v) is 5.81. The number of fused-ring (bicyclic) bond motifs is 2. The molecule has 0 fully saturated rings. The molecule has 1 aliphatic rings. The van der Waals surface area contributed by atoms with Crippen molar-refractivity contribution >= 4 is 28.5 Å². The molecule has 0 amide bonds. The van der Waals surface area contributed by atoms with Gasteiger partial charge in [0.25, 0.3) is 11.5 Å². The first-order valence-corrected chi connectivity index (χ1v) is 11.7. The van der Waals surface area contributed by atoms with Gasteiger partial charge in [0.1, 0.15) is 6.04 Å². The number of rotatable bonds is 4. The van der Waals surface area contributed by atoms with Gasteiger partial charge in [0.05, 0.1) is 10.6 Å². The number of carboxylic acids is 1. The zero-order valence-corrected chi connectivity index (χ0v) is 19.0. The summed E-state index contributed by atoms with van der Waals surface area (Å²) in [7, 11) is 0. The van der Waals surface area contributed by atoms with Crippen LogP contribution in [0.15, 0.2) is 82.6 Å². The lowest BCUT2D eigenvalue weighted by Crippen LogP contribution is -2.31. The molecule has 0 spiro atoms. The molecular formula is C26H16F5NO3S. The Hall–Kier alpha value is -3.66. The molecule has 0 radical (unpaired) electrons. The minimum Gasteiger partial charge on any atom is -0.480 e. The molecule has 5 rings (SSSR count). The molecule has 0 aliphatic carbocycles. The molecule has 4 aromatic rings. The Labute approximate surface area is 205 Å². The monoisotopic (exact) mass is 517 g/mol. The molecule has 1 atom stereocenters. The standard InChI is InChI=1S/C26H16F5NO3S/c27-25(28,18-10-4-6-14-5-1-2-9-17(14)18)19-12-21(33)32-20(24(34)35)13-36-23(32)22(19)15-7-3-8-16(11-15)26(29,30)31/h1-12,20H,13H2,(H,34,35). The zero-order valence-electron chi connectivity index (χ0n) is 18.2. The van der Waals surface area contributed by atoms with E-state index in [9.17, 15) is 27.9 Å². The first-order valence-electron chi connectivity index (χ1n) is 10.7. The first kappa shape index (κ1) is 24.1. The van der Waals surface area contributed by atoms with Crippen molar-refractivity contribution in [3.8, 4) is 11.1 Å². The largest absolute Gasteiger partial charge is 0.480 e. The predicted octanol–water partition coefficient (Wildman–Crippen LogP) is 6.56. The molecule has 0 saturated carbocycles. The fourth-order valence-electron chi connectivity index (χ4n) is 4.47. The van der Waals surface area contributed by atoms with Crippen LogP contribution in [0.25, 0.3) is 21.9 Å². The van der Waals surface area contributed by atoms with Crippen LogP contribution in [0.4, 0.5) is 22.0 Å². The minimum absolute atomic E-state index is 0.107. The van der Waals surface area contributed by atoms with Crippen molar-refractivity contribution in [3.05, 3.63) is 99.8 Å². The van der Waals surface area contributed by atoms with Crippen molar-refractivity contribution in [2.75, 3.05) is 5.75 Å². The molecule has 10 heteroatoms. The number of carboxylic acid groups (broad SMARTS) is 1. The Balaban J connectivity index is 1.85. The van der Waals surface area contributed by atoms with Crippen molar-refractivity contribution < 1.29 is 31.9 Å². The number of halogens is 5. The quantitative estimate of drug-likeness (QED) is 0.312. The van der Waals surface area contributed by atoms with Gasteiger partial charge in [0.2, 0.25) is 0 Å². The number of carbonyl (C=O) groups is 1. The number of aliphatic carboxylic acids is 1. The van der Waals surface area contributed by atoms with Gasteiger partial charge in [-0.05, 0) is 28.5 Å². The smallest absolute Gasteiger partial charge is 0.416 e. The topological polar surface area (TPSA) is 59.3 Å². The molecule has 184 valence electrons. The first-order chi connectivity index (χ1) is 17.0. The number of nitrogens with zero attached hydrogens (tertiary/aromatic N) is 1. The lowest BCUT2D eigenvalue weighted by Gasteiger charge is -2.24. The highest BCUT2D eigenvalue weighted by molar-refractivity contribution is 7.99. The highest BCUT2D eigenvalue weighted by atomic mass is 32.2. The third kappa shape index (κ3) is 3.85. The number of benzene rings is 3. The number of thioether (sulfide) groups is 1. The maximum atomic E-state index is 16.3. The average Bonchev–Trinajstić information content (AvgIpc) is 3.29. The summed E-state index contributed by atoms with van der Waals surface area (Å²) in [6.07, 6.45) is -4.74. The predicted molar refractivity (Wildman–Crippen MR) is 125 cm³/mol. The van der Waals surface area contributed by atoms with E-state index < -0.39 is 46.4 Å². The molecule has 1 aromatic heterocycles. The molecule has 3 aromatic carbocycles. The molecule has 0 bridgehead atoms. The van der Waals surface area contributed by atoms with E-state index >= 15 is 8.78 Å². The van der Waals surface area contributed by atoms with Gasteiger partial charge in [0.15, 0.2) is 0 Å². The summed E-state index contributed by atoms with van der Waals surface area (Å²) >= 11 is 0.850. The van der Waals surface area contributed by atoms with Crippen LogP contribution >= 0.6 is 11.8 Å². The molecule has 1 unspecified atom stereocenters. The third-order valence-corrected chi connectivity index (χ3v) is 7.28. The number of alkyl halides is 5. The maximum absolute atomic E-state index is 16.3. The second-order valence-corrected chi connectivity index (χ2v) is 9.30. The highest BCUT2D eigenvalue weighted by Gasteiger charge is 2.43. The van der Waals surface area contributed by atoms with E-state index in [1.165, 1.54) is 24.3 Å².